The van der Waals surface area contributed by atoms with Crippen molar-refractivity contribution in [3.63, 3.8) is 0 Å². The van der Waals surface area contributed by atoms with Gasteiger partial charge in [0.25, 0.3) is 0 Å². The Balaban J connectivity index is 2.88. The van der Waals surface area contributed by atoms with Crippen LogP contribution in [-0.2, 0) is 4.79 Å². The standard InChI is InChI=1S/C12H15FO4S/c1-7(14)18-6-9(15)12(16)11-8(13)4-3-5-10(11)17-2/h3-5,9,12,15-16H,6H2,1-2H3. The lowest BCUT2D eigenvalue weighted by Crippen LogP contribution is -2.23. The maximum atomic E-state index is 13.6. The van der Waals surface area contributed by atoms with Crippen LogP contribution in [0.25, 0.3) is 0 Å². The highest BCUT2D eigenvalue weighted by molar-refractivity contribution is 8.13. The van der Waals surface area contributed by atoms with Crippen LogP contribution in [0.15, 0.2) is 18.2 Å². The number of carbonyl (C=O) groups excluding carboxylic acids is 1. The van der Waals surface area contributed by atoms with E-state index in [0.717, 1.165) is 11.8 Å². The second kappa shape index (κ2) is 6.72. The number of hydrogen-bond donors (Lipinski definition) is 2. The molecule has 2 N–H and O–H groups in total. The molecule has 0 bridgehead atoms. The molecule has 100 valence electrons. The molecule has 0 aliphatic rings. The molecule has 0 saturated heterocycles. The molecule has 2 unspecified atom stereocenters. The van der Waals surface area contributed by atoms with Crippen LogP contribution in [0.5, 0.6) is 5.75 Å². The fraction of sp³-hybridized carbons (Fsp3) is 0.417. The molecule has 0 spiro atoms. The number of carbonyl (C=O) groups is 1. The Bertz CT molecular complexity index is 425. The molecule has 0 radical (unpaired) electrons. The van der Waals surface area contributed by atoms with E-state index in [4.69, 9.17) is 4.74 Å². The van der Waals surface area contributed by atoms with Gasteiger partial charge in [-0.2, -0.15) is 0 Å². The summed E-state index contributed by atoms with van der Waals surface area (Å²) in [5.74, 6) is -0.503. The molecule has 6 heteroatoms. The highest BCUT2D eigenvalue weighted by Gasteiger charge is 2.25. The van der Waals surface area contributed by atoms with Gasteiger partial charge in [0.2, 0.25) is 0 Å². The quantitative estimate of drug-likeness (QED) is 0.852. The zero-order chi connectivity index (χ0) is 13.7. The lowest BCUT2D eigenvalue weighted by molar-refractivity contribution is -0.109. The van der Waals surface area contributed by atoms with Crippen LogP contribution in [0.3, 0.4) is 0 Å². The van der Waals surface area contributed by atoms with Crippen molar-refractivity contribution >= 4 is 16.9 Å². The average molecular weight is 274 g/mol. The van der Waals surface area contributed by atoms with Gasteiger partial charge in [-0.15, -0.1) is 0 Å². The van der Waals surface area contributed by atoms with E-state index in [1.54, 1.807) is 0 Å². The second-order valence-electron chi connectivity index (χ2n) is 3.67. The summed E-state index contributed by atoms with van der Waals surface area (Å²) in [5.41, 5.74) is -0.100. The van der Waals surface area contributed by atoms with Gasteiger partial charge in [-0.3, -0.25) is 4.79 Å². The molecule has 0 aliphatic carbocycles. The number of ether oxygens (including phenoxy) is 1. The first-order valence-electron chi connectivity index (χ1n) is 5.29. The Labute approximate surface area is 109 Å². The highest BCUT2D eigenvalue weighted by atomic mass is 32.2. The number of thioether (sulfide) groups is 1. The smallest absolute Gasteiger partial charge is 0.185 e. The summed E-state index contributed by atoms with van der Waals surface area (Å²) in [7, 11) is 1.35. The maximum Gasteiger partial charge on any atom is 0.185 e. The van der Waals surface area contributed by atoms with E-state index < -0.39 is 18.0 Å². The summed E-state index contributed by atoms with van der Waals surface area (Å²) in [6, 6.07) is 4.11. The number of hydrogen-bond acceptors (Lipinski definition) is 5. The topological polar surface area (TPSA) is 66.8 Å². The predicted molar refractivity (Wildman–Crippen MR) is 67.1 cm³/mol. The van der Waals surface area contributed by atoms with Crippen molar-refractivity contribution in [1.82, 2.24) is 0 Å². The molecule has 0 aromatic heterocycles. The summed E-state index contributed by atoms with van der Waals surface area (Å²) in [6.07, 6.45) is -2.68. The van der Waals surface area contributed by atoms with Crippen LogP contribution in [0.4, 0.5) is 4.39 Å². The highest BCUT2D eigenvalue weighted by Crippen LogP contribution is 2.30. The summed E-state index contributed by atoms with van der Waals surface area (Å²) >= 11 is 0.870. The first-order chi connectivity index (χ1) is 8.47. The van der Waals surface area contributed by atoms with Crippen molar-refractivity contribution in [2.45, 2.75) is 19.1 Å². The second-order valence-corrected chi connectivity index (χ2v) is 4.87. The molecule has 0 saturated carbocycles. The van der Waals surface area contributed by atoms with Crippen molar-refractivity contribution in [3.8, 4) is 5.75 Å². The van der Waals surface area contributed by atoms with Crippen LogP contribution in [-0.4, -0.2) is 34.3 Å². The predicted octanol–water partition coefficient (Wildman–Crippen LogP) is 1.51. The van der Waals surface area contributed by atoms with Gasteiger partial charge in [-0.1, -0.05) is 17.8 Å². The third-order valence-electron chi connectivity index (χ3n) is 2.35. The number of aliphatic hydroxyl groups is 2. The van der Waals surface area contributed by atoms with Gasteiger partial charge in [-0.25, -0.2) is 4.39 Å². The van der Waals surface area contributed by atoms with Crippen molar-refractivity contribution in [3.05, 3.63) is 29.6 Å². The van der Waals surface area contributed by atoms with Gasteiger partial charge in [0.15, 0.2) is 5.12 Å². The summed E-state index contributed by atoms with van der Waals surface area (Å²) in [5, 5.41) is 19.4. The van der Waals surface area contributed by atoms with E-state index in [0.29, 0.717) is 0 Å². The number of aliphatic hydroxyl groups excluding tert-OH is 2. The van der Waals surface area contributed by atoms with Gasteiger partial charge in [0.05, 0.1) is 18.8 Å². The van der Waals surface area contributed by atoms with Gasteiger partial charge in [0.1, 0.15) is 17.7 Å². The Morgan fingerprint density at radius 1 is 1.50 bits per heavy atom. The number of methoxy groups -OCH3 is 1. The first kappa shape index (κ1) is 14.9. The average Bonchev–Trinajstić information content (AvgIpc) is 2.34. The lowest BCUT2D eigenvalue weighted by Gasteiger charge is -2.20. The van der Waals surface area contributed by atoms with Crippen LogP contribution in [0.1, 0.15) is 18.6 Å². The van der Waals surface area contributed by atoms with Gasteiger partial charge in [0, 0.05) is 12.7 Å². The van der Waals surface area contributed by atoms with Crippen molar-refractivity contribution in [2.24, 2.45) is 0 Å². The molecule has 18 heavy (non-hydrogen) atoms. The Kier molecular flexibility index (Phi) is 5.58. The zero-order valence-corrected chi connectivity index (χ0v) is 10.9. The van der Waals surface area contributed by atoms with E-state index in [-0.39, 0.29) is 22.2 Å². The maximum absolute atomic E-state index is 13.6. The monoisotopic (exact) mass is 274 g/mol. The number of rotatable bonds is 5. The first-order valence-corrected chi connectivity index (χ1v) is 6.27. The summed E-state index contributed by atoms with van der Waals surface area (Å²) < 4.78 is 18.6. The normalized spacial score (nSPS) is 14.1. The lowest BCUT2D eigenvalue weighted by atomic mass is 10.0. The van der Waals surface area contributed by atoms with Crippen molar-refractivity contribution in [2.75, 3.05) is 12.9 Å². The minimum absolute atomic E-state index is 0.00596. The largest absolute Gasteiger partial charge is 0.496 e. The number of benzene rings is 1. The van der Waals surface area contributed by atoms with Crippen LogP contribution in [0, 0.1) is 5.82 Å². The van der Waals surface area contributed by atoms with E-state index in [2.05, 4.69) is 0 Å². The van der Waals surface area contributed by atoms with Crippen LogP contribution >= 0.6 is 11.8 Å². The van der Waals surface area contributed by atoms with E-state index in [1.165, 1.54) is 32.2 Å². The molecule has 2 atom stereocenters. The fourth-order valence-electron chi connectivity index (χ4n) is 1.47. The molecule has 0 aliphatic heterocycles. The molecule has 1 aromatic carbocycles. The Morgan fingerprint density at radius 2 is 2.17 bits per heavy atom. The SMILES string of the molecule is COc1cccc(F)c1C(O)C(O)CSC(C)=O. The van der Waals surface area contributed by atoms with E-state index in [9.17, 15) is 19.4 Å². The summed E-state index contributed by atoms with van der Waals surface area (Å²) in [6.45, 7) is 1.35. The molecular weight excluding hydrogens is 259 g/mol. The Hall–Kier alpha value is -1.11. The van der Waals surface area contributed by atoms with Gasteiger partial charge >= 0.3 is 0 Å². The van der Waals surface area contributed by atoms with Crippen molar-refractivity contribution < 1.29 is 24.1 Å². The van der Waals surface area contributed by atoms with E-state index >= 15 is 0 Å². The molecule has 0 amide bonds. The fourth-order valence-corrected chi connectivity index (χ4v) is 2.06. The Morgan fingerprint density at radius 3 is 2.72 bits per heavy atom. The zero-order valence-electron chi connectivity index (χ0n) is 10.1. The van der Waals surface area contributed by atoms with Crippen LogP contribution in [0.2, 0.25) is 0 Å². The molecular formula is C12H15FO4S. The summed E-state index contributed by atoms with van der Waals surface area (Å²) in [4.78, 5) is 10.8. The van der Waals surface area contributed by atoms with Gasteiger partial charge < -0.3 is 14.9 Å². The third-order valence-corrected chi connectivity index (χ3v) is 3.27. The number of halogens is 1. The molecule has 0 fully saturated rings. The van der Waals surface area contributed by atoms with Crippen molar-refractivity contribution in [1.29, 1.82) is 0 Å². The minimum atomic E-state index is -1.44. The minimum Gasteiger partial charge on any atom is -0.496 e. The third kappa shape index (κ3) is 3.69. The molecule has 4 nitrogen and oxygen atoms in total. The van der Waals surface area contributed by atoms with Gasteiger partial charge in [-0.05, 0) is 12.1 Å². The van der Waals surface area contributed by atoms with Crippen LogP contribution < -0.4 is 4.74 Å². The molecule has 0 heterocycles. The van der Waals surface area contributed by atoms with E-state index in [1.807, 2.05) is 0 Å². The molecule has 1 aromatic rings. The molecule has 1 rings (SSSR count).